The van der Waals surface area contributed by atoms with Gasteiger partial charge in [-0.1, -0.05) is 70.6 Å². The molecule has 2 rings (SSSR count). The third kappa shape index (κ3) is 7.39. The van der Waals surface area contributed by atoms with Crippen LogP contribution in [0.4, 0.5) is 0 Å². The molecule has 2 saturated carbocycles. The molecule has 4 unspecified atom stereocenters. The molecule has 0 aromatic carbocycles. The van der Waals surface area contributed by atoms with Crippen molar-refractivity contribution in [3.8, 4) is 0 Å². The summed E-state index contributed by atoms with van der Waals surface area (Å²) in [5.41, 5.74) is 3.73. The predicted molar refractivity (Wildman–Crippen MR) is 147 cm³/mol. The van der Waals surface area contributed by atoms with E-state index in [1.165, 1.54) is 63.4 Å². The van der Waals surface area contributed by atoms with Crippen molar-refractivity contribution in [2.24, 2.45) is 22.4 Å². The minimum Gasteiger partial charge on any atom is -0.291 e. The fraction of sp³-hybridized carbons (Fsp3) is 0.724. The van der Waals surface area contributed by atoms with Crippen LogP contribution in [0, 0.1) is 17.3 Å². The summed E-state index contributed by atoms with van der Waals surface area (Å²) in [5, 5.41) is 9.02. The predicted octanol–water partition coefficient (Wildman–Crippen LogP) is 9.47. The van der Waals surface area contributed by atoms with Crippen LogP contribution in [0.25, 0.3) is 0 Å². The molecule has 2 fully saturated rings. The summed E-state index contributed by atoms with van der Waals surface area (Å²) in [4.78, 5) is 0. The van der Waals surface area contributed by atoms with Crippen molar-refractivity contribution in [2.45, 2.75) is 111 Å². The lowest BCUT2D eigenvalue weighted by atomic mass is 9.63. The zero-order valence-electron chi connectivity index (χ0n) is 20.8. The van der Waals surface area contributed by atoms with E-state index in [1.54, 1.807) is 5.57 Å². The SMILES string of the molecule is C.C=CCCCC/C(C)=C/C=C1\CCCC2(C)C(C/C=C/S(C)(N)C(C)(C)C)CCC12. The van der Waals surface area contributed by atoms with Gasteiger partial charge < -0.3 is 0 Å². The standard InChI is InChI=1S/C28H49NS.CH4/c1-8-9-10-11-14-23(2)17-18-24-15-12-21-28(6)25(19-20-26(24)28)16-13-22-30(7,29)27(3,4)5;/h8,13,17-18,22,25-26H,1,9-12,14-16,19-21,29H2,2-7H3;1H4/b22-13+,23-17+,24-18+;. The summed E-state index contributed by atoms with van der Waals surface area (Å²) in [5.74, 6) is 1.59. The molecule has 2 heteroatoms. The molecule has 1 nitrogen and oxygen atoms in total. The highest BCUT2D eigenvalue weighted by Crippen LogP contribution is 2.59. The summed E-state index contributed by atoms with van der Waals surface area (Å²) in [6.45, 7) is 15.5. The molecule has 31 heavy (non-hydrogen) atoms. The molecule has 2 aliphatic carbocycles. The summed E-state index contributed by atoms with van der Waals surface area (Å²) in [7, 11) is -1.18. The number of hydrogen-bond acceptors (Lipinski definition) is 1. The Hall–Kier alpha value is -0.730. The minimum absolute atomic E-state index is 0. The Morgan fingerprint density at radius 2 is 1.97 bits per heavy atom. The number of hydrogen-bond donors (Lipinski definition) is 1. The van der Waals surface area contributed by atoms with Crippen LogP contribution in [0.15, 0.2) is 47.4 Å². The number of allylic oxidation sites excluding steroid dienone is 6. The van der Waals surface area contributed by atoms with E-state index in [2.05, 4.69) is 71.1 Å². The lowest BCUT2D eigenvalue weighted by Gasteiger charge is -2.43. The lowest BCUT2D eigenvalue weighted by molar-refractivity contribution is 0.137. The number of unbranched alkanes of at least 4 members (excludes halogenated alkanes) is 2. The molecule has 0 bridgehead atoms. The Kier molecular flexibility index (Phi) is 10.9. The molecule has 180 valence electrons. The van der Waals surface area contributed by atoms with Gasteiger partial charge in [0.2, 0.25) is 0 Å². The van der Waals surface area contributed by atoms with E-state index in [0.29, 0.717) is 5.41 Å². The topological polar surface area (TPSA) is 26.0 Å². The Morgan fingerprint density at radius 1 is 1.26 bits per heavy atom. The zero-order valence-corrected chi connectivity index (χ0v) is 21.6. The van der Waals surface area contributed by atoms with Crippen molar-refractivity contribution in [1.29, 1.82) is 0 Å². The Labute approximate surface area is 197 Å². The summed E-state index contributed by atoms with van der Waals surface area (Å²) in [6, 6.07) is 0. The van der Waals surface area contributed by atoms with Crippen LogP contribution in [0.3, 0.4) is 0 Å². The normalized spacial score (nSPS) is 31.2. The van der Waals surface area contributed by atoms with Crippen LogP contribution in [-0.4, -0.2) is 11.0 Å². The van der Waals surface area contributed by atoms with Gasteiger partial charge in [-0.05, 0) is 100 Å². The highest BCUT2D eigenvalue weighted by Gasteiger charge is 2.48. The monoisotopic (exact) mass is 447 g/mol. The van der Waals surface area contributed by atoms with E-state index in [0.717, 1.165) is 18.3 Å². The van der Waals surface area contributed by atoms with Gasteiger partial charge in [0.15, 0.2) is 0 Å². The fourth-order valence-electron chi connectivity index (χ4n) is 5.38. The van der Waals surface area contributed by atoms with Gasteiger partial charge in [0, 0.05) is 4.75 Å². The van der Waals surface area contributed by atoms with Gasteiger partial charge in [-0.25, -0.2) is 0 Å². The molecule has 2 aliphatic rings. The first-order valence-corrected chi connectivity index (χ1v) is 14.4. The molecule has 2 N–H and O–H groups in total. The molecule has 4 atom stereocenters. The van der Waals surface area contributed by atoms with Crippen molar-refractivity contribution >= 4 is 10.2 Å². The maximum atomic E-state index is 6.66. The molecular formula is C29H53NS. The average Bonchev–Trinajstić information content (AvgIpc) is 2.99. The van der Waals surface area contributed by atoms with Gasteiger partial charge in [-0.2, -0.15) is 10.2 Å². The first-order chi connectivity index (χ1) is 14.0. The molecule has 0 radical (unpaired) electrons. The third-order valence-electron chi connectivity index (χ3n) is 8.09. The second-order valence-corrected chi connectivity index (χ2v) is 14.8. The van der Waals surface area contributed by atoms with Crippen LogP contribution in [0.2, 0.25) is 0 Å². The number of nitrogens with two attached hydrogens (primary N) is 1. The van der Waals surface area contributed by atoms with Crippen molar-refractivity contribution in [3.05, 3.63) is 47.4 Å². The van der Waals surface area contributed by atoms with Crippen molar-refractivity contribution in [3.63, 3.8) is 0 Å². The van der Waals surface area contributed by atoms with Crippen molar-refractivity contribution in [2.75, 3.05) is 6.26 Å². The molecule has 0 aromatic heterocycles. The summed E-state index contributed by atoms with van der Waals surface area (Å²) >= 11 is 0. The first kappa shape index (κ1) is 28.3. The van der Waals surface area contributed by atoms with Crippen molar-refractivity contribution in [1.82, 2.24) is 0 Å². The van der Waals surface area contributed by atoms with Gasteiger partial charge in [-0.3, -0.25) is 5.14 Å². The number of rotatable bonds is 9. The maximum Gasteiger partial charge on any atom is 0.00633 e. The molecule has 0 saturated heterocycles. The quantitative estimate of drug-likeness (QED) is 0.276. The van der Waals surface area contributed by atoms with Gasteiger partial charge in [0.05, 0.1) is 0 Å². The van der Waals surface area contributed by atoms with E-state index >= 15 is 0 Å². The third-order valence-corrected chi connectivity index (χ3v) is 11.5. The van der Waals surface area contributed by atoms with Crippen LogP contribution in [0.5, 0.6) is 0 Å². The molecule has 0 aliphatic heterocycles. The largest absolute Gasteiger partial charge is 0.291 e. The first-order valence-electron chi connectivity index (χ1n) is 12.2. The molecule has 0 heterocycles. The van der Waals surface area contributed by atoms with E-state index in [-0.39, 0.29) is 12.2 Å². The van der Waals surface area contributed by atoms with Crippen LogP contribution in [-0.2, 0) is 0 Å². The van der Waals surface area contributed by atoms with Crippen molar-refractivity contribution < 1.29 is 0 Å². The minimum atomic E-state index is -1.18. The van der Waals surface area contributed by atoms with E-state index < -0.39 is 10.2 Å². The van der Waals surface area contributed by atoms with Gasteiger partial charge in [0.1, 0.15) is 0 Å². The summed E-state index contributed by atoms with van der Waals surface area (Å²) < 4.78 is 0.169. The molecule has 0 aromatic rings. The fourth-order valence-corrected chi connectivity index (χ4v) is 6.30. The highest BCUT2D eigenvalue weighted by molar-refractivity contribution is 8.34. The Morgan fingerprint density at radius 3 is 2.61 bits per heavy atom. The maximum absolute atomic E-state index is 6.66. The molecule has 0 amide bonds. The smallest absolute Gasteiger partial charge is 0.00633 e. The number of fused-ring (bicyclic) bond motifs is 1. The van der Waals surface area contributed by atoms with E-state index in [9.17, 15) is 0 Å². The van der Waals surface area contributed by atoms with Gasteiger partial charge >= 0.3 is 0 Å². The zero-order chi connectivity index (χ0) is 22.4. The second kappa shape index (κ2) is 11.9. The van der Waals surface area contributed by atoms with Gasteiger partial charge in [-0.15, -0.1) is 6.58 Å². The Balaban J connectivity index is 0.00000480. The lowest BCUT2D eigenvalue weighted by Crippen LogP contribution is -2.33. The second-order valence-electron chi connectivity index (χ2n) is 11.2. The van der Waals surface area contributed by atoms with Crippen LogP contribution in [0.1, 0.15) is 106 Å². The molecular weight excluding hydrogens is 394 g/mol. The van der Waals surface area contributed by atoms with E-state index in [4.69, 9.17) is 5.14 Å². The van der Waals surface area contributed by atoms with Crippen LogP contribution >= 0.6 is 10.2 Å². The molecule has 0 spiro atoms. The highest BCUT2D eigenvalue weighted by atomic mass is 32.3. The van der Waals surface area contributed by atoms with Gasteiger partial charge in [0.25, 0.3) is 0 Å². The summed E-state index contributed by atoms with van der Waals surface area (Å²) in [6.07, 6.45) is 24.6. The Bertz CT molecular complexity index is 661. The average molecular weight is 448 g/mol. The van der Waals surface area contributed by atoms with Crippen LogP contribution < -0.4 is 5.14 Å². The van der Waals surface area contributed by atoms with E-state index in [1.807, 2.05) is 6.08 Å².